The third kappa shape index (κ3) is 7.45. The first-order valence-electron chi connectivity index (χ1n) is 7.58. The first-order valence-corrected chi connectivity index (χ1v) is 7.58. The SMILES string of the molecule is CCN(CC(=O)NCCNC(C)=O)CC1CCCCN1. The number of carbonyl (C=O) groups excluding carboxylic acids is 2. The predicted octanol–water partition coefficient (Wildman–Crippen LogP) is -0.297. The van der Waals surface area contributed by atoms with Crippen LogP contribution in [-0.2, 0) is 9.59 Å². The fourth-order valence-electron chi connectivity index (χ4n) is 2.40. The Balaban J connectivity index is 2.17. The number of nitrogens with zero attached hydrogens (tertiary/aromatic N) is 1. The zero-order valence-corrected chi connectivity index (χ0v) is 12.7. The van der Waals surface area contributed by atoms with E-state index >= 15 is 0 Å². The van der Waals surface area contributed by atoms with E-state index in [4.69, 9.17) is 0 Å². The highest BCUT2D eigenvalue weighted by molar-refractivity contribution is 5.78. The first kappa shape index (κ1) is 16.9. The van der Waals surface area contributed by atoms with E-state index in [9.17, 15) is 9.59 Å². The number of likely N-dealkylation sites (N-methyl/N-ethyl adjacent to an activating group) is 1. The summed E-state index contributed by atoms with van der Waals surface area (Å²) in [5.74, 6) is -0.0502. The summed E-state index contributed by atoms with van der Waals surface area (Å²) in [6, 6.07) is 0.510. The van der Waals surface area contributed by atoms with Crippen molar-refractivity contribution in [2.45, 2.75) is 39.2 Å². The molecule has 3 N–H and O–H groups in total. The Morgan fingerprint density at radius 2 is 2.00 bits per heavy atom. The minimum absolute atomic E-state index is 0.0213. The lowest BCUT2D eigenvalue weighted by atomic mass is 10.0. The molecular formula is C14H28N4O2. The number of hydrogen-bond acceptors (Lipinski definition) is 4. The number of piperidine rings is 1. The van der Waals surface area contributed by atoms with E-state index in [2.05, 4.69) is 27.8 Å². The van der Waals surface area contributed by atoms with Crippen LogP contribution >= 0.6 is 0 Å². The van der Waals surface area contributed by atoms with E-state index < -0.39 is 0 Å². The zero-order chi connectivity index (χ0) is 14.8. The van der Waals surface area contributed by atoms with Gasteiger partial charge in [0.2, 0.25) is 11.8 Å². The van der Waals surface area contributed by atoms with Crippen molar-refractivity contribution < 1.29 is 9.59 Å². The second kappa shape index (κ2) is 9.72. The van der Waals surface area contributed by atoms with Gasteiger partial charge in [-0.05, 0) is 25.9 Å². The van der Waals surface area contributed by atoms with Gasteiger partial charge in [0.1, 0.15) is 0 Å². The predicted molar refractivity (Wildman–Crippen MR) is 79.4 cm³/mol. The fourth-order valence-corrected chi connectivity index (χ4v) is 2.40. The zero-order valence-electron chi connectivity index (χ0n) is 12.7. The van der Waals surface area contributed by atoms with Crippen LogP contribution in [0.25, 0.3) is 0 Å². The van der Waals surface area contributed by atoms with E-state index in [1.54, 1.807) is 0 Å². The summed E-state index contributed by atoms with van der Waals surface area (Å²) < 4.78 is 0. The molecule has 1 unspecified atom stereocenters. The van der Waals surface area contributed by atoms with Crippen molar-refractivity contribution in [2.24, 2.45) is 0 Å². The number of hydrogen-bond donors (Lipinski definition) is 3. The maximum Gasteiger partial charge on any atom is 0.234 e. The maximum absolute atomic E-state index is 11.8. The molecule has 1 atom stereocenters. The highest BCUT2D eigenvalue weighted by atomic mass is 16.2. The number of rotatable bonds is 8. The fraction of sp³-hybridized carbons (Fsp3) is 0.857. The smallest absolute Gasteiger partial charge is 0.234 e. The van der Waals surface area contributed by atoms with Crippen LogP contribution in [0.15, 0.2) is 0 Å². The molecule has 0 saturated carbocycles. The van der Waals surface area contributed by atoms with E-state index in [1.807, 2.05) is 0 Å². The molecule has 1 rings (SSSR count). The molecule has 6 heteroatoms. The molecule has 1 saturated heterocycles. The molecule has 1 aliphatic heterocycles. The van der Waals surface area contributed by atoms with E-state index in [1.165, 1.54) is 26.2 Å². The average molecular weight is 284 g/mol. The molecule has 1 fully saturated rings. The van der Waals surface area contributed by atoms with Crippen molar-refractivity contribution in [1.82, 2.24) is 20.9 Å². The highest BCUT2D eigenvalue weighted by Gasteiger charge is 2.17. The summed E-state index contributed by atoms with van der Waals surface area (Å²) in [6.07, 6.45) is 3.73. The van der Waals surface area contributed by atoms with Crippen molar-refractivity contribution >= 4 is 11.8 Å². The van der Waals surface area contributed by atoms with Gasteiger partial charge in [0.15, 0.2) is 0 Å². The minimum Gasteiger partial charge on any atom is -0.355 e. The molecule has 20 heavy (non-hydrogen) atoms. The first-order chi connectivity index (χ1) is 9.61. The summed E-state index contributed by atoms with van der Waals surface area (Å²) in [4.78, 5) is 24.7. The molecule has 0 aromatic carbocycles. The lowest BCUT2D eigenvalue weighted by Crippen LogP contribution is -2.47. The third-order valence-corrected chi connectivity index (χ3v) is 3.53. The molecule has 116 valence electrons. The lowest BCUT2D eigenvalue weighted by molar-refractivity contribution is -0.123. The summed E-state index contributed by atoms with van der Waals surface area (Å²) in [7, 11) is 0. The summed E-state index contributed by atoms with van der Waals surface area (Å²) >= 11 is 0. The average Bonchev–Trinajstić information content (AvgIpc) is 2.44. The minimum atomic E-state index is -0.0715. The Morgan fingerprint density at radius 1 is 1.25 bits per heavy atom. The molecule has 0 radical (unpaired) electrons. The van der Waals surface area contributed by atoms with E-state index in [0.29, 0.717) is 25.7 Å². The number of nitrogens with one attached hydrogen (secondary N) is 3. The number of amides is 2. The summed E-state index contributed by atoms with van der Waals surface area (Å²) in [5.41, 5.74) is 0. The van der Waals surface area contributed by atoms with E-state index in [-0.39, 0.29) is 11.8 Å². The molecule has 0 aromatic rings. The Kier molecular flexibility index (Phi) is 8.22. The van der Waals surface area contributed by atoms with Crippen molar-refractivity contribution in [3.63, 3.8) is 0 Å². The normalized spacial score (nSPS) is 18.9. The quantitative estimate of drug-likeness (QED) is 0.535. The van der Waals surface area contributed by atoms with Gasteiger partial charge in [-0.1, -0.05) is 13.3 Å². The van der Waals surface area contributed by atoms with Crippen molar-refractivity contribution in [2.75, 3.05) is 39.3 Å². The van der Waals surface area contributed by atoms with Gasteiger partial charge in [0.25, 0.3) is 0 Å². The van der Waals surface area contributed by atoms with Crippen LogP contribution in [0, 0.1) is 0 Å². The van der Waals surface area contributed by atoms with Gasteiger partial charge >= 0.3 is 0 Å². The second-order valence-electron chi connectivity index (χ2n) is 5.31. The van der Waals surface area contributed by atoms with Crippen LogP contribution in [0.1, 0.15) is 33.1 Å². The Bertz CT molecular complexity index is 304. The molecule has 1 aliphatic rings. The van der Waals surface area contributed by atoms with E-state index in [0.717, 1.165) is 19.6 Å². The van der Waals surface area contributed by atoms with Gasteiger partial charge in [-0.3, -0.25) is 14.5 Å². The Labute approximate surface area is 121 Å². The van der Waals surface area contributed by atoms with Crippen molar-refractivity contribution in [1.29, 1.82) is 0 Å². The third-order valence-electron chi connectivity index (χ3n) is 3.53. The standard InChI is InChI=1S/C14H28N4O2/c1-3-18(10-13-6-4-5-7-16-13)11-14(20)17-9-8-15-12(2)19/h13,16H,3-11H2,1-2H3,(H,15,19)(H,17,20). The van der Waals surface area contributed by atoms with Crippen LogP contribution < -0.4 is 16.0 Å². The van der Waals surface area contributed by atoms with Crippen LogP contribution in [0.3, 0.4) is 0 Å². The van der Waals surface area contributed by atoms with Gasteiger partial charge in [0.05, 0.1) is 6.54 Å². The second-order valence-corrected chi connectivity index (χ2v) is 5.31. The highest BCUT2D eigenvalue weighted by Crippen LogP contribution is 2.08. The van der Waals surface area contributed by atoms with Gasteiger partial charge in [-0.2, -0.15) is 0 Å². The van der Waals surface area contributed by atoms with Crippen LogP contribution in [0.5, 0.6) is 0 Å². The van der Waals surface area contributed by atoms with Gasteiger partial charge < -0.3 is 16.0 Å². The topological polar surface area (TPSA) is 73.5 Å². The lowest BCUT2D eigenvalue weighted by Gasteiger charge is -2.29. The van der Waals surface area contributed by atoms with Crippen molar-refractivity contribution in [3.05, 3.63) is 0 Å². The molecule has 0 aliphatic carbocycles. The molecule has 0 spiro atoms. The van der Waals surface area contributed by atoms with Crippen LogP contribution in [0.2, 0.25) is 0 Å². The van der Waals surface area contributed by atoms with Crippen LogP contribution in [0.4, 0.5) is 0 Å². The van der Waals surface area contributed by atoms with Gasteiger partial charge in [-0.15, -0.1) is 0 Å². The summed E-state index contributed by atoms with van der Waals surface area (Å²) in [6.45, 7) is 7.83. The van der Waals surface area contributed by atoms with Crippen LogP contribution in [-0.4, -0.2) is 62.0 Å². The maximum atomic E-state index is 11.8. The molecule has 0 bridgehead atoms. The Hall–Kier alpha value is -1.14. The molecule has 2 amide bonds. The van der Waals surface area contributed by atoms with Gasteiger partial charge in [0, 0.05) is 32.6 Å². The molecule has 0 aromatic heterocycles. The summed E-state index contributed by atoms with van der Waals surface area (Å²) in [5, 5.41) is 8.98. The largest absolute Gasteiger partial charge is 0.355 e. The Morgan fingerprint density at radius 3 is 2.60 bits per heavy atom. The van der Waals surface area contributed by atoms with Crippen molar-refractivity contribution in [3.8, 4) is 0 Å². The molecule has 1 heterocycles. The molecule has 6 nitrogen and oxygen atoms in total. The number of carbonyl (C=O) groups is 2. The van der Waals surface area contributed by atoms with Gasteiger partial charge in [-0.25, -0.2) is 0 Å². The molecular weight excluding hydrogens is 256 g/mol. The monoisotopic (exact) mass is 284 g/mol.